The third-order valence-corrected chi connectivity index (χ3v) is 5.73. The van der Waals surface area contributed by atoms with Gasteiger partial charge in [-0.05, 0) is 49.7 Å². The molecule has 2 heterocycles. The van der Waals surface area contributed by atoms with Crippen LogP contribution in [0.3, 0.4) is 0 Å². The Hall–Kier alpha value is -1.92. The minimum Gasteiger partial charge on any atom is -0.459 e. The smallest absolute Gasteiger partial charge is 0.289 e. The maximum Gasteiger partial charge on any atom is 0.289 e. The molecule has 25 heavy (non-hydrogen) atoms. The zero-order valence-electron chi connectivity index (χ0n) is 14.7. The van der Waals surface area contributed by atoms with E-state index in [0.717, 1.165) is 37.4 Å². The molecule has 1 aliphatic rings. The summed E-state index contributed by atoms with van der Waals surface area (Å²) >= 11 is 0. The molecule has 0 saturated carbocycles. The van der Waals surface area contributed by atoms with Crippen molar-refractivity contribution in [3.8, 4) is 0 Å². The molecule has 0 N–H and O–H groups in total. The summed E-state index contributed by atoms with van der Waals surface area (Å²) in [7, 11) is 1.19. The van der Waals surface area contributed by atoms with Crippen LogP contribution in [0.25, 0.3) is 0 Å². The van der Waals surface area contributed by atoms with E-state index in [1.54, 1.807) is 18.4 Å². The van der Waals surface area contributed by atoms with Crippen LogP contribution in [0.1, 0.15) is 29.0 Å². The molecule has 1 saturated heterocycles. The van der Waals surface area contributed by atoms with Crippen LogP contribution in [-0.2, 0) is 17.3 Å². The SMILES string of the molecule is CN(Cc1ccc([S@](C)=O)cc1)C1CCN(C(=O)c2ccco2)CC1. The summed E-state index contributed by atoms with van der Waals surface area (Å²) in [5.74, 6) is 0.398. The zero-order valence-corrected chi connectivity index (χ0v) is 15.5. The molecule has 1 atom stereocenters. The molecule has 134 valence electrons. The van der Waals surface area contributed by atoms with Gasteiger partial charge in [-0.3, -0.25) is 13.9 Å². The van der Waals surface area contributed by atoms with Gasteiger partial charge in [-0.1, -0.05) is 12.1 Å². The van der Waals surface area contributed by atoms with Crippen LogP contribution in [0.15, 0.2) is 52.0 Å². The number of likely N-dealkylation sites (tertiary alicyclic amines) is 1. The molecular weight excluding hydrogens is 336 g/mol. The maximum atomic E-state index is 12.3. The number of rotatable bonds is 5. The zero-order chi connectivity index (χ0) is 17.8. The first-order valence-corrected chi connectivity index (χ1v) is 10.1. The van der Waals surface area contributed by atoms with Gasteiger partial charge in [0.1, 0.15) is 0 Å². The number of hydrogen-bond acceptors (Lipinski definition) is 4. The van der Waals surface area contributed by atoms with Crippen LogP contribution in [0.2, 0.25) is 0 Å². The molecule has 1 amide bonds. The molecule has 0 radical (unpaired) electrons. The summed E-state index contributed by atoms with van der Waals surface area (Å²) in [5, 5.41) is 0. The highest BCUT2D eigenvalue weighted by atomic mass is 32.2. The summed E-state index contributed by atoms with van der Waals surface area (Å²) in [6.07, 6.45) is 5.14. The van der Waals surface area contributed by atoms with Crippen molar-refractivity contribution in [2.75, 3.05) is 26.4 Å². The molecule has 0 bridgehead atoms. The van der Waals surface area contributed by atoms with E-state index in [-0.39, 0.29) is 5.91 Å². The molecule has 0 aliphatic carbocycles. The average Bonchev–Trinajstić information content (AvgIpc) is 3.16. The van der Waals surface area contributed by atoms with E-state index < -0.39 is 10.8 Å². The summed E-state index contributed by atoms with van der Waals surface area (Å²) < 4.78 is 16.7. The summed E-state index contributed by atoms with van der Waals surface area (Å²) in [5.41, 5.74) is 1.21. The molecule has 2 aromatic rings. The Bertz CT molecular complexity index is 720. The van der Waals surface area contributed by atoms with E-state index in [9.17, 15) is 9.00 Å². The number of piperidine rings is 1. The largest absolute Gasteiger partial charge is 0.459 e. The third kappa shape index (κ3) is 4.38. The molecule has 1 aromatic carbocycles. The van der Waals surface area contributed by atoms with Crippen molar-refractivity contribution in [2.45, 2.75) is 30.3 Å². The van der Waals surface area contributed by atoms with Crippen LogP contribution in [0.4, 0.5) is 0 Å². The second kappa shape index (κ2) is 7.97. The predicted octanol–water partition coefficient (Wildman–Crippen LogP) is 2.75. The monoisotopic (exact) mass is 360 g/mol. The van der Waals surface area contributed by atoms with Gasteiger partial charge in [-0.15, -0.1) is 0 Å². The van der Waals surface area contributed by atoms with Crippen molar-refractivity contribution in [3.05, 3.63) is 54.0 Å². The maximum absolute atomic E-state index is 12.3. The Morgan fingerprint density at radius 1 is 1.24 bits per heavy atom. The van der Waals surface area contributed by atoms with Gasteiger partial charge in [-0.25, -0.2) is 0 Å². The van der Waals surface area contributed by atoms with Crippen LogP contribution >= 0.6 is 0 Å². The second-order valence-corrected chi connectivity index (χ2v) is 7.89. The number of carbonyl (C=O) groups excluding carboxylic acids is 1. The number of amides is 1. The lowest BCUT2D eigenvalue weighted by Gasteiger charge is -2.36. The van der Waals surface area contributed by atoms with Crippen LogP contribution < -0.4 is 0 Å². The molecule has 0 spiro atoms. The lowest BCUT2D eigenvalue weighted by Crippen LogP contribution is -2.45. The van der Waals surface area contributed by atoms with Crippen LogP contribution in [0, 0.1) is 0 Å². The van der Waals surface area contributed by atoms with E-state index in [1.165, 1.54) is 11.8 Å². The fourth-order valence-electron chi connectivity index (χ4n) is 3.27. The van der Waals surface area contributed by atoms with Crippen molar-refractivity contribution in [1.29, 1.82) is 0 Å². The van der Waals surface area contributed by atoms with E-state index in [4.69, 9.17) is 4.42 Å². The predicted molar refractivity (Wildman–Crippen MR) is 97.9 cm³/mol. The van der Waals surface area contributed by atoms with Crippen molar-refractivity contribution >= 4 is 16.7 Å². The van der Waals surface area contributed by atoms with Crippen LogP contribution in [-0.4, -0.2) is 52.4 Å². The van der Waals surface area contributed by atoms with Crippen molar-refractivity contribution in [3.63, 3.8) is 0 Å². The molecule has 1 aromatic heterocycles. The highest BCUT2D eigenvalue weighted by Gasteiger charge is 2.26. The average molecular weight is 360 g/mol. The van der Waals surface area contributed by atoms with Gasteiger partial charge in [0.15, 0.2) is 5.76 Å². The standard InChI is InChI=1S/C19H24N2O3S/c1-20(14-15-5-7-17(8-6-15)25(2)23)16-9-11-21(12-10-16)19(22)18-4-3-13-24-18/h3-8,13,16H,9-12,14H2,1-2H3/t25-/m0/s1. The van der Waals surface area contributed by atoms with Crippen molar-refractivity contribution in [2.24, 2.45) is 0 Å². The Morgan fingerprint density at radius 3 is 2.48 bits per heavy atom. The topological polar surface area (TPSA) is 53.8 Å². The molecule has 1 fully saturated rings. The molecule has 6 heteroatoms. The number of carbonyl (C=O) groups is 1. The summed E-state index contributed by atoms with van der Waals surface area (Å²) in [4.78, 5) is 17.4. The van der Waals surface area contributed by atoms with Gasteiger partial charge in [0.2, 0.25) is 0 Å². The first-order valence-electron chi connectivity index (χ1n) is 8.50. The van der Waals surface area contributed by atoms with E-state index in [0.29, 0.717) is 11.8 Å². The van der Waals surface area contributed by atoms with Gasteiger partial charge < -0.3 is 9.32 Å². The normalized spacial score (nSPS) is 17.0. The molecule has 0 unspecified atom stereocenters. The molecular formula is C19H24N2O3S. The van der Waals surface area contributed by atoms with Crippen molar-refractivity contribution < 1.29 is 13.4 Å². The minimum absolute atomic E-state index is 0.0192. The second-order valence-electron chi connectivity index (χ2n) is 6.51. The lowest BCUT2D eigenvalue weighted by molar-refractivity contribution is 0.0609. The fourth-order valence-corrected chi connectivity index (χ4v) is 3.79. The van der Waals surface area contributed by atoms with Gasteiger partial charge in [-0.2, -0.15) is 0 Å². The highest BCUT2D eigenvalue weighted by molar-refractivity contribution is 7.84. The number of furan rings is 1. The first kappa shape index (κ1) is 17.9. The van der Waals surface area contributed by atoms with Gasteiger partial charge >= 0.3 is 0 Å². The van der Waals surface area contributed by atoms with Gasteiger partial charge in [0.25, 0.3) is 5.91 Å². The van der Waals surface area contributed by atoms with E-state index in [1.807, 2.05) is 29.2 Å². The Balaban J connectivity index is 1.52. The highest BCUT2D eigenvalue weighted by Crippen LogP contribution is 2.20. The van der Waals surface area contributed by atoms with Gasteiger partial charge in [0.05, 0.1) is 6.26 Å². The quantitative estimate of drug-likeness (QED) is 0.823. The van der Waals surface area contributed by atoms with E-state index >= 15 is 0 Å². The molecule has 3 rings (SSSR count). The Labute approximate surface area is 151 Å². The third-order valence-electron chi connectivity index (χ3n) is 4.79. The summed E-state index contributed by atoms with van der Waals surface area (Å²) in [6, 6.07) is 11.9. The Kier molecular flexibility index (Phi) is 5.71. The number of benzene rings is 1. The summed E-state index contributed by atoms with van der Waals surface area (Å²) in [6.45, 7) is 2.36. The fraction of sp³-hybridized carbons (Fsp3) is 0.421. The first-order chi connectivity index (χ1) is 12.0. The van der Waals surface area contributed by atoms with Gasteiger partial charge in [0, 0.05) is 47.6 Å². The van der Waals surface area contributed by atoms with E-state index in [2.05, 4.69) is 11.9 Å². The van der Waals surface area contributed by atoms with Crippen LogP contribution in [0.5, 0.6) is 0 Å². The van der Waals surface area contributed by atoms with Crippen molar-refractivity contribution in [1.82, 2.24) is 9.80 Å². The Morgan fingerprint density at radius 2 is 1.92 bits per heavy atom. The molecule has 1 aliphatic heterocycles. The lowest BCUT2D eigenvalue weighted by atomic mass is 10.0. The molecule has 5 nitrogen and oxygen atoms in total. The number of hydrogen-bond donors (Lipinski definition) is 0. The minimum atomic E-state index is -0.934. The number of nitrogens with zero attached hydrogens (tertiary/aromatic N) is 2.